The third-order valence-electron chi connectivity index (χ3n) is 4.04. The van der Waals surface area contributed by atoms with Crippen LogP contribution in [0.3, 0.4) is 0 Å². The summed E-state index contributed by atoms with van der Waals surface area (Å²) in [5.74, 6) is 0.612. The van der Waals surface area contributed by atoms with Crippen LogP contribution >= 0.6 is 0 Å². The smallest absolute Gasteiger partial charge is 0.351 e. The molecule has 8 heteroatoms. The molecule has 8 nitrogen and oxygen atoms in total. The van der Waals surface area contributed by atoms with Gasteiger partial charge in [-0.1, -0.05) is 0 Å². The number of nitrogens with zero attached hydrogens (tertiary/aromatic N) is 3. The summed E-state index contributed by atoms with van der Waals surface area (Å²) in [6.07, 6.45) is -0.785. The van der Waals surface area contributed by atoms with Gasteiger partial charge in [-0.05, 0) is 18.9 Å². The Hall–Kier alpha value is -1.48. The van der Waals surface area contributed by atoms with Crippen molar-refractivity contribution in [2.45, 2.75) is 37.4 Å². The van der Waals surface area contributed by atoms with Gasteiger partial charge in [-0.3, -0.25) is 4.57 Å². The zero-order valence-corrected chi connectivity index (χ0v) is 11.5. The fraction of sp³-hybridized carbons (Fsp3) is 0.692. The molecular formula is C13H19N3O5. The summed E-state index contributed by atoms with van der Waals surface area (Å²) in [7, 11) is 0. The summed E-state index contributed by atoms with van der Waals surface area (Å²) in [6, 6.07) is 1.70. The number of hydrogen-bond acceptors (Lipinski definition) is 7. The van der Waals surface area contributed by atoms with E-state index in [1.54, 1.807) is 6.07 Å². The van der Waals surface area contributed by atoms with E-state index in [1.807, 2.05) is 4.90 Å². The summed E-state index contributed by atoms with van der Waals surface area (Å²) < 4.78 is 6.47. The lowest BCUT2D eigenvalue weighted by molar-refractivity contribution is -0.0549. The summed E-state index contributed by atoms with van der Waals surface area (Å²) in [5.41, 5.74) is -0.547. The first-order valence-corrected chi connectivity index (χ1v) is 7.08. The second-order valence-corrected chi connectivity index (χ2v) is 5.40. The standard InChI is InChI=1S/C13H19N3O5/c17-7-8-10(18)11(19)12(21-8)16-6-3-9(14-13(16)20)15-4-1-2-5-15/h3,6,8,10-12,17-19H,1-2,4-5,7H2/t8-,10-,11+,12-/m1/s1. The second-order valence-electron chi connectivity index (χ2n) is 5.40. The van der Waals surface area contributed by atoms with E-state index >= 15 is 0 Å². The molecule has 3 rings (SSSR count). The molecule has 0 aromatic carbocycles. The zero-order valence-electron chi connectivity index (χ0n) is 11.5. The number of aliphatic hydroxyl groups is 3. The van der Waals surface area contributed by atoms with Crippen LogP contribution in [0.1, 0.15) is 19.1 Å². The molecule has 2 fully saturated rings. The minimum Gasteiger partial charge on any atom is -0.394 e. The van der Waals surface area contributed by atoms with Crippen molar-refractivity contribution in [2.75, 3.05) is 24.6 Å². The van der Waals surface area contributed by atoms with Crippen LogP contribution in [0, 0.1) is 0 Å². The van der Waals surface area contributed by atoms with Gasteiger partial charge < -0.3 is 25.0 Å². The Morgan fingerprint density at radius 1 is 1.29 bits per heavy atom. The Morgan fingerprint density at radius 2 is 2.00 bits per heavy atom. The third-order valence-corrected chi connectivity index (χ3v) is 4.04. The lowest BCUT2D eigenvalue weighted by Gasteiger charge is -2.20. The van der Waals surface area contributed by atoms with E-state index in [0.717, 1.165) is 30.5 Å². The van der Waals surface area contributed by atoms with Crippen LogP contribution in [0.5, 0.6) is 0 Å². The normalized spacial score (nSPS) is 32.8. The molecule has 116 valence electrons. The summed E-state index contributed by atoms with van der Waals surface area (Å²) in [5, 5.41) is 28.7. The highest BCUT2D eigenvalue weighted by Crippen LogP contribution is 2.28. The Balaban J connectivity index is 1.84. The van der Waals surface area contributed by atoms with Gasteiger partial charge in [0.2, 0.25) is 0 Å². The second kappa shape index (κ2) is 5.72. The van der Waals surface area contributed by atoms with Crippen LogP contribution in [0.15, 0.2) is 17.1 Å². The highest BCUT2D eigenvalue weighted by Gasteiger charge is 2.43. The molecule has 2 aliphatic rings. The maximum absolute atomic E-state index is 12.1. The molecular weight excluding hydrogens is 278 g/mol. The first-order chi connectivity index (χ1) is 10.1. The van der Waals surface area contributed by atoms with Crippen molar-refractivity contribution in [3.63, 3.8) is 0 Å². The molecule has 0 amide bonds. The fourth-order valence-electron chi connectivity index (χ4n) is 2.83. The SMILES string of the molecule is O=c1nc(N2CCCC2)ccn1[C@@H]1O[C@H](CO)[C@@H](O)[C@@H]1O. The minimum atomic E-state index is -1.28. The average Bonchev–Trinajstić information content (AvgIpc) is 3.10. The number of anilines is 1. The molecule has 0 saturated carbocycles. The topological polar surface area (TPSA) is 108 Å². The Bertz CT molecular complexity index is 557. The molecule has 1 aromatic rings. The van der Waals surface area contributed by atoms with E-state index in [0.29, 0.717) is 5.82 Å². The Labute approximate surface area is 121 Å². The van der Waals surface area contributed by atoms with E-state index in [-0.39, 0.29) is 0 Å². The van der Waals surface area contributed by atoms with Crippen molar-refractivity contribution >= 4 is 5.82 Å². The molecule has 21 heavy (non-hydrogen) atoms. The van der Waals surface area contributed by atoms with E-state index in [1.165, 1.54) is 6.20 Å². The molecule has 4 atom stereocenters. The molecule has 0 aliphatic carbocycles. The van der Waals surface area contributed by atoms with Crippen LogP contribution in [-0.4, -0.2) is 62.9 Å². The molecule has 1 aromatic heterocycles. The first-order valence-electron chi connectivity index (χ1n) is 7.08. The highest BCUT2D eigenvalue weighted by molar-refractivity contribution is 5.37. The van der Waals surface area contributed by atoms with Gasteiger partial charge in [0.05, 0.1) is 6.61 Å². The summed E-state index contributed by atoms with van der Waals surface area (Å²) in [6.45, 7) is 1.33. The average molecular weight is 297 g/mol. The lowest BCUT2D eigenvalue weighted by atomic mass is 10.1. The highest BCUT2D eigenvalue weighted by atomic mass is 16.6. The predicted molar refractivity (Wildman–Crippen MR) is 73.0 cm³/mol. The largest absolute Gasteiger partial charge is 0.394 e. The fourth-order valence-corrected chi connectivity index (χ4v) is 2.83. The monoisotopic (exact) mass is 297 g/mol. The molecule has 0 bridgehead atoms. The van der Waals surface area contributed by atoms with Crippen molar-refractivity contribution in [2.24, 2.45) is 0 Å². The van der Waals surface area contributed by atoms with Gasteiger partial charge in [0.1, 0.15) is 24.1 Å². The molecule has 2 aliphatic heterocycles. The lowest BCUT2D eigenvalue weighted by Crippen LogP contribution is -2.36. The first kappa shape index (κ1) is 14.5. The third kappa shape index (κ3) is 2.55. The van der Waals surface area contributed by atoms with E-state index < -0.39 is 36.8 Å². The number of ether oxygens (including phenoxy) is 1. The molecule has 0 unspecified atom stereocenters. The Morgan fingerprint density at radius 3 is 2.57 bits per heavy atom. The molecule has 3 heterocycles. The van der Waals surface area contributed by atoms with Gasteiger partial charge in [0, 0.05) is 19.3 Å². The van der Waals surface area contributed by atoms with Crippen LogP contribution in [0.4, 0.5) is 5.82 Å². The van der Waals surface area contributed by atoms with Crippen LogP contribution in [-0.2, 0) is 4.74 Å². The van der Waals surface area contributed by atoms with Gasteiger partial charge in [0.25, 0.3) is 0 Å². The van der Waals surface area contributed by atoms with Crippen molar-refractivity contribution in [1.29, 1.82) is 0 Å². The zero-order chi connectivity index (χ0) is 15.0. The maximum Gasteiger partial charge on any atom is 0.351 e. The molecule has 0 radical (unpaired) electrons. The number of aromatic nitrogens is 2. The van der Waals surface area contributed by atoms with Gasteiger partial charge in [0.15, 0.2) is 6.23 Å². The maximum atomic E-state index is 12.1. The van der Waals surface area contributed by atoms with Gasteiger partial charge in [-0.15, -0.1) is 0 Å². The van der Waals surface area contributed by atoms with E-state index in [2.05, 4.69) is 4.98 Å². The number of aliphatic hydroxyl groups excluding tert-OH is 3. The van der Waals surface area contributed by atoms with E-state index in [9.17, 15) is 15.0 Å². The molecule has 2 saturated heterocycles. The van der Waals surface area contributed by atoms with Gasteiger partial charge in [-0.25, -0.2) is 4.79 Å². The predicted octanol–water partition coefficient (Wildman–Crippen LogP) is -1.54. The minimum absolute atomic E-state index is 0.428. The van der Waals surface area contributed by atoms with Crippen molar-refractivity contribution in [3.8, 4) is 0 Å². The van der Waals surface area contributed by atoms with Gasteiger partial charge in [-0.2, -0.15) is 4.98 Å². The molecule has 3 N–H and O–H groups in total. The van der Waals surface area contributed by atoms with E-state index in [4.69, 9.17) is 9.84 Å². The molecule has 0 spiro atoms. The number of hydrogen-bond donors (Lipinski definition) is 3. The number of rotatable bonds is 3. The summed E-state index contributed by atoms with van der Waals surface area (Å²) >= 11 is 0. The van der Waals surface area contributed by atoms with Crippen LogP contribution in [0.2, 0.25) is 0 Å². The summed E-state index contributed by atoms with van der Waals surface area (Å²) in [4.78, 5) is 18.2. The van der Waals surface area contributed by atoms with Crippen molar-refractivity contribution in [3.05, 3.63) is 22.7 Å². The van der Waals surface area contributed by atoms with Gasteiger partial charge >= 0.3 is 5.69 Å². The Kier molecular flexibility index (Phi) is 3.94. The van der Waals surface area contributed by atoms with Crippen molar-refractivity contribution in [1.82, 2.24) is 9.55 Å². The van der Waals surface area contributed by atoms with Crippen LogP contribution < -0.4 is 10.6 Å². The van der Waals surface area contributed by atoms with Crippen LogP contribution in [0.25, 0.3) is 0 Å². The van der Waals surface area contributed by atoms with Crippen molar-refractivity contribution < 1.29 is 20.1 Å². The quantitative estimate of drug-likeness (QED) is 0.620.